The lowest BCUT2D eigenvalue weighted by Gasteiger charge is -2.25. The summed E-state index contributed by atoms with van der Waals surface area (Å²) in [5, 5.41) is 19.3. The van der Waals surface area contributed by atoms with Crippen LogP contribution in [0.5, 0.6) is 0 Å². The van der Waals surface area contributed by atoms with Gasteiger partial charge < -0.3 is 10.2 Å². The van der Waals surface area contributed by atoms with Crippen LogP contribution in [-0.4, -0.2) is 22.4 Å². The SMILES string of the molecule is CC(C)C(O)C1=CCCCC1O. The smallest absolute Gasteiger partial charge is 0.0797 e. The van der Waals surface area contributed by atoms with Gasteiger partial charge in [0.15, 0.2) is 0 Å². The molecule has 2 atom stereocenters. The standard InChI is InChI=1S/C10H18O2/c1-7(2)10(12)8-5-3-4-6-9(8)11/h5,7,9-12H,3-4,6H2,1-2H3. The molecule has 0 saturated heterocycles. The lowest BCUT2D eigenvalue weighted by atomic mass is 9.88. The minimum Gasteiger partial charge on any atom is -0.389 e. The van der Waals surface area contributed by atoms with Crippen molar-refractivity contribution in [2.75, 3.05) is 0 Å². The molecule has 2 nitrogen and oxygen atoms in total. The van der Waals surface area contributed by atoms with E-state index in [1.54, 1.807) is 0 Å². The zero-order chi connectivity index (χ0) is 9.14. The molecule has 0 aromatic rings. The monoisotopic (exact) mass is 170 g/mol. The van der Waals surface area contributed by atoms with Gasteiger partial charge in [0.2, 0.25) is 0 Å². The molecule has 12 heavy (non-hydrogen) atoms. The summed E-state index contributed by atoms with van der Waals surface area (Å²) in [7, 11) is 0. The van der Waals surface area contributed by atoms with Crippen molar-refractivity contribution in [2.45, 2.75) is 45.3 Å². The van der Waals surface area contributed by atoms with Crippen molar-refractivity contribution >= 4 is 0 Å². The van der Waals surface area contributed by atoms with Crippen LogP contribution in [0.4, 0.5) is 0 Å². The Labute approximate surface area is 73.9 Å². The predicted molar refractivity (Wildman–Crippen MR) is 48.8 cm³/mol. The van der Waals surface area contributed by atoms with Gasteiger partial charge in [-0.1, -0.05) is 19.9 Å². The summed E-state index contributed by atoms with van der Waals surface area (Å²) in [6.45, 7) is 3.93. The first-order valence-corrected chi connectivity index (χ1v) is 4.69. The number of allylic oxidation sites excluding steroid dienone is 1. The Morgan fingerprint density at radius 2 is 2.17 bits per heavy atom. The molecule has 1 rings (SSSR count). The molecule has 0 bridgehead atoms. The van der Waals surface area contributed by atoms with Gasteiger partial charge >= 0.3 is 0 Å². The molecule has 70 valence electrons. The summed E-state index contributed by atoms with van der Waals surface area (Å²) < 4.78 is 0. The van der Waals surface area contributed by atoms with E-state index in [1.165, 1.54) is 0 Å². The first-order chi connectivity index (χ1) is 5.63. The molecular formula is C10H18O2. The summed E-state index contributed by atoms with van der Waals surface area (Å²) >= 11 is 0. The number of rotatable bonds is 2. The van der Waals surface area contributed by atoms with Crippen LogP contribution in [0, 0.1) is 5.92 Å². The van der Waals surface area contributed by atoms with E-state index in [0.717, 1.165) is 24.8 Å². The van der Waals surface area contributed by atoms with Crippen molar-refractivity contribution in [1.82, 2.24) is 0 Å². The molecule has 0 aliphatic heterocycles. The average Bonchev–Trinajstić information content (AvgIpc) is 2.04. The van der Waals surface area contributed by atoms with Crippen LogP contribution in [0.15, 0.2) is 11.6 Å². The molecule has 0 aromatic carbocycles. The normalized spacial score (nSPS) is 27.1. The van der Waals surface area contributed by atoms with Crippen molar-refractivity contribution in [1.29, 1.82) is 0 Å². The summed E-state index contributed by atoms with van der Waals surface area (Å²) in [5.41, 5.74) is 0.830. The third-order valence-corrected chi connectivity index (χ3v) is 2.42. The van der Waals surface area contributed by atoms with E-state index < -0.39 is 12.2 Å². The van der Waals surface area contributed by atoms with Crippen LogP contribution in [0.3, 0.4) is 0 Å². The fraction of sp³-hybridized carbons (Fsp3) is 0.800. The second-order valence-corrected chi connectivity index (χ2v) is 3.84. The Morgan fingerprint density at radius 3 is 2.67 bits per heavy atom. The van der Waals surface area contributed by atoms with Crippen LogP contribution in [0.2, 0.25) is 0 Å². The predicted octanol–water partition coefficient (Wildman–Crippen LogP) is 1.47. The number of hydrogen-bond donors (Lipinski definition) is 2. The van der Waals surface area contributed by atoms with E-state index in [-0.39, 0.29) is 5.92 Å². The van der Waals surface area contributed by atoms with E-state index in [9.17, 15) is 10.2 Å². The van der Waals surface area contributed by atoms with E-state index in [0.29, 0.717) is 0 Å². The Morgan fingerprint density at radius 1 is 1.50 bits per heavy atom. The maximum Gasteiger partial charge on any atom is 0.0797 e. The van der Waals surface area contributed by atoms with E-state index in [2.05, 4.69) is 0 Å². The van der Waals surface area contributed by atoms with Crippen molar-refractivity contribution < 1.29 is 10.2 Å². The number of aliphatic hydroxyl groups excluding tert-OH is 2. The van der Waals surface area contributed by atoms with Crippen LogP contribution >= 0.6 is 0 Å². The van der Waals surface area contributed by atoms with Crippen molar-refractivity contribution in [3.05, 3.63) is 11.6 Å². The van der Waals surface area contributed by atoms with Crippen LogP contribution in [0.25, 0.3) is 0 Å². The van der Waals surface area contributed by atoms with Gasteiger partial charge in [-0.05, 0) is 30.8 Å². The molecule has 1 aliphatic rings. The first kappa shape index (κ1) is 9.75. The third-order valence-electron chi connectivity index (χ3n) is 2.42. The first-order valence-electron chi connectivity index (χ1n) is 4.69. The van der Waals surface area contributed by atoms with Gasteiger partial charge in [-0.3, -0.25) is 0 Å². The lowest BCUT2D eigenvalue weighted by Crippen LogP contribution is -2.28. The van der Waals surface area contributed by atoms with Gasteiger partial charge in [-0.25, -0.2) is 0 Å². The molecule has 0 spiro atoms. The molecule has 1 aliphatic carbocycles. The molecule has 0 radical (unpaired) electrons. The Balaban J connectivity index is 2.65. The van der Waals surface area contributed by atoms with Crippen LogP contribution in [0.1, 0.15) is 33.1 Å². The lowest BCUT2D eigenvalue weighted by molar-refractivity contribution is 0.104. The molecule has 2 unspecified atom stereocenters. The highest BCUT2D eigenvalue weighted by Crippen LogP contribution is 2.24. The maximum atomic E-state index is 9.69. The van der Waals surface area contributed by atoms with Gasteiger partial charge in [-0.2, -0.15) is 0 Å². The fourth-order valence-electron chi connectivity index (χ4n) is 1.59. The second-order valence-electron chi connectivity index (χ2n) is 3.84. The molecule has 0 saturated carbocycles. The van der Waals surface area contributed by atoms with Gasteiger partial charge in [0.25, 0.3) is 0 Å². The molecule has 0 amide bonds. The highest BCUT2D eigenvalue weighted by atomic mass is 16.3. The highest BCUT2D eigenvalue weighted by Gasteiger charge is 2.23. The molecule has 0 aromatic heterocycles. The molecule has 0 heterocycles. The number of hydrogen-bond acceptors (Lipinski definition) is 2. The Bertz CT molecular complexity index is 173. The Hall–Kier alpha value is -0.340. The van der Waals surface area contributed by atoms with Gasteiger partial charge in [0.1, 0.15) is 0 Å². The van der Waals surface area contributed by atoms with Gasteiger partial charge in [0, 0.05) is 0 Å². The van der Waals surface area contributed by atoms with E-state index >= 15 is 0 Å². The summed E-state index contributed by atoms with van der Waals surface area (Å²) in [6.07, 6.45) is 3.96. The number of aliphatic hydroxyl groups is 2. The average molecular weight is 170 g/mol. The maximum absolute atomic E-state index is 9.69. The van der Waals surface area contributed by atoms with Crippen molar-refractivity contribution in [3.63, 3.8) is 0 Å². The molecular weight excluding hydrogens is 152 g/mol. The van der Waals surface area contributed by atoms with Gasteiger partial charge in [-0.15, -0.1) is 0 Å². The summed E-state index contributed by atoms with van der Waals surface area (Å²) in [4.78, 5) is 0. The molecule has 2 N–H and O–H groups in total. The highest BCUT2D eigenvalue weighted by molar-refractivity contribution is 5.16. The Kier molecular flexibility index (Phi) is 3.29. The fourth-order valence-corrected chi connectivity index (χ4v) is 1.59. The van der Waals surface area contributed by atoms with Crippen molar-refractivity contribution in [3.8, 4) is 0 Å². The molecule has 2 heteroatoms. The van der Waals surface area contributed by atoms with E-state index in [1.807, 2.05) is 19.9 Å². The second kappa shape index (κ2) is 4.06. The summed E-state index contributed by atoms with van der Waals surface area (Å²) in [5.74, 6) is 0.198. The minimum absolute atomic E-state index is 0.198. The van der Waals surface area contributed by atoms with Crippen LogP contribution in [-0.2, 0) is 0 Å². The largest absolute Gasteiger partial charge is 0.389 e. The van der Waals surface area contributed by atoms with Gasteiger partial charge in [0.05, 0.1) is 12.2 Å². The summed E-state index contributed by atoms with van der Waals surface area (Å²) in [6, 6.07) is 0. The quantitative estimate of drug-likeness (QED) is 0.616. The van der Waals surface area contributed by atoms with Crippen LogP contribution < -0.4 is 0 Å². The zero-order valence-corrected chi connectivity index (χ0v) is 7.83. The minimum atomic E-state index is -0.458. The van der Waals surface area contributed by atoms with Crippen molar-refractivity contribution in [2.24, 2.45) is 5.92 Å². The topological polar surface area (TPSA) is 40.5 Å². The van der Waals surface area contributed by atoms with E-state index in [4.69, 9.17) is 0 Å². The molecule has 0 fully saturated rings. The zero-order valence-electron chi connectivity index (χ0n) is 7.83. The third kappa shape index (κ3) is 2.08.